The highest BCUT2D eigenvalue weighted by Crippen LogP contribution is 2.40. The second-order valence-electron chi connectivity index (χ2n) is 4.83. The molecule has 0 aliphatic heterocycles. The van der Waals surface area contributed by atoms with Crippen LogP contribution in [0.2, 0.25) is 0 Å². The molecule has 1 aromatic carbocycles. The summed E-state index contributed by atoms with van der Waals surface area (Å²) in [7, 11) is 0. The molecule has 0 bridgehead atoms. The fourth-order valence-corrected chi connectivity index (χ4v) is 2.74. The van der Waals surface area contributed by atoms with E-state index in [-0.39, 0.29) is 5.82 Å². The van der Waals surface area contributed by atoms with Crippen molar-refractivity contribution in [1.29, 1.82) is 0 Å². The van der Waals surface area contributed by atoms with E-state index in [9.17, 15) is 9.50 Å². The van der Waals surface area contributed by atoms with Crippen LogP contribution >= 0.6 is 0 Å². The topological polar surface area (TPSA) is 33.1 Å². The lowest BCUT2D eigenvalue weighted by Gasteiger charge is -2.24. The molecule has 0 fully saturated rings. The van der Waals surface area contributed by atoms with Crippen molar-refractivity contribution < 1.29 is 9.50 Å². The number of nitrogens with zero attached hydrogens (tertiary/aromatic N) is 1. The normalized spacial score (nSPS) is 21.9. The molecule has 0 saturated heterocycles. The van der Waals surface area contributed by atoms with Crippen molar-refractivity contribution in [2.75, 3.05) is 0 Å². The molecule has 1 atom stereocenters. The third-order valence-corrected chi connectivity index (χ3v) is 3.65. The standard InChI is InChI=1S/C15H14FNO/c16-14-3-1-2-13-12(14)4-7-15(13,18)10-11-5-8-17-9-6-11/h1-3,5-6,8-9,18H,4,7,10H2. The van der Waals surface area contributed by atoms with Crippen LogP contribution in [0.4, 0.5) is 4.39 Å². The summed E-state index contributed by atoms with van der Waals surface area (Å²) < 4.78 is 13.7. The van der Waals surface area contributed by atoms with Gasteiger partial charge in [-0.25, -0.2) is 4.39 Å². The van der Waals surface area contributed by atoms with Gasteiger partial charge in [0, 0.05) is 18.8 Å². The molecule has 92 valence electrons. The maximum absolute atomic E-state index is 13.7. The van der Waals surface area contributed by atoms with E-state index in [4.69, 9.17) is 0 Å². The van der Waals surface area contributed by atoms with Gasteiger partial charge in [-0.3, -0.25) is 4.98 Å². The Labute approximate surface area is 105 Å². The zero-order chi connectivity index (χ0) is 12.6. The summed E-state index contributed by atoms with van der Waals surface area (Å²) in [5, 5.41) is 10.7. The van der Waals surface area contributed by atoms with Gasteiger partial charge in [0.05, 0.1) is 5.60 Å². The first-order valence-corrected chi connectivity index (χ1v) is 6.08. The molecule has 0 radical (unpaired) electrons. The molecule has 1 N–H and O–H groups in total. The molecule has 1 aliphatic rings. The van der Waals surface area contributed by atoms with Crippen molar-refractivity contribution in [3.8, 4) is 0 Å². The number of hydrogen-bond acceptors (Lipinski definition) is 2. The summed E-state index contributed by atoms with van der Waals surface area (Å²) >= 11 is 0. The van der Waals surface area contributed by atoms with E-state index in [1.807, 2.05) is 18.2 Å². The molecule has 18 heavy (non-hydrogen) atoms. The molecular formula is C15H14FNO. The Morgan fingerprint density at radius 2 is 2.00 bits per heavy atom. The second kappa shape index (κ2) is 4.18. The minimum absolute atomic E-state index is 0.210. The summed E-state index contributed by atoms with van der Waals surface area (Å²) in [6, 6.07) is 8.71. The molecule has 3 rings (SSSR count). The van der Waals surface area contributed by atoms with Crippen LogP contribution in [0.1, 0.15) is 23.1 Å². The number of fused-ring (bicyclic) bond motifs is 1. The molecule has 0 amide bonds. The van der Waals surface area contributed by atoms with E-state index < -0.39 is 5.60 Å². The molecule has 0 spiro atoms. The number of hydrogen-bond donors (Lipinski definition) is 1. The minimum Gasteiger partial charge on any atom is -0.385 e. The third-order valence-electron chi connectivity index (χ3n) is 3.65. The first kappa shape index (κ1) is 11.4. The molecule has 2 nitrogen and oxygen atoms in total. The maximum atomic E-state index is 13.7. The Morgan fingerprint density at radius 3 is 2.78 bits per heavy atom. The average Bonchev–Trinajstić information content (AvgIpc) is 2.70. The third kappa shape index (κ3) is 1.81. The van der Waals surface area contributed by atoms with Crippen molar-refractivity contribution in [3.05, 3.63) is 65.2 Å². The molecule has 3 heteroatoms. The second-order valence-corrected chi connectivity index (χ2v) is 4.83. The van der Waals surface area contributed by atoms with Crippen molar-refractivity contribution >= 4 is 0 Å². The smallest absolute Gasteiger partial charge is 0.126 e. The zero-order valence-corrected chi connectivity index (χ0v) is 9.94. The van der Waals surface area contributed by atoms with Crippen molar-refractivity contribution in [3.63, 3.8) is 0 Å². The van der Waals surface area contributed by atoms with Crippen LogP contribution in [0.15, 0.2) is 42.7 Å². The van der Waals surface area contributed by atoms with Crippen LogP contribution in [-0.4, -0.2) is 10.1 Å². The minimum atomic E-state index is -0.946. The first-order chi connectivity index (χ1) is 8.69. The number of rotatable bonds is 2. The average molecular weight is 243 g/mol. The number of aliphatic hydroxyl groups is 1. The number of benzene rings is 1. The van der Waals surface area contributed by atoms with Gasteiger partial charge < -0.3 is 5.11 Å². The van der Waals surface area contributed by atoms with Crippen LogP contribution in [-0.2, 0) is 18.4 Å². The number of aromatic nitrogens is 1. The summed E-state index contributed by atoms with van der Waals surface area (Å²) in [6.07, 6.45) is 5.10. The van der Waals surface area contributed by atoms with Gasteiger partial charge in [0.15, 0.2) is 0 Å². The van der Waals surface area contributed by atoms with Crippen LogP contribution in [0.3, 0.4) is 0 Å². The highest BCUT2D eigenvalue weighted by Gasteiger charge is 2.37. The van der Waals surface area contributed by atoms with E-state index in [1.165, 1.54) is 6.07 Å². The van der Waals surface area contributed by atoms with Crippen molar-refractivity contribution in [2.45, 2.75) is 24.9 Å². The fourth-order valence-electron chi connectivity index (χ4n) is 2.74. The monoisotopic (exact) mass is 243 g/mol. The van der Waals surface area contributed by atoms with Gasteiger partial charge in [-0.2, -0.15) is 0 Å². The zero-order valence-electron chi connectivity index (χ0n) is 9.94. The van der Waals surface area contributed by atoms with E-state index in [0.29, 0.717) is 24.8 Å². The van der Waals surface area contributed by atoms with Gasteiger partial charge >= 0.3 is 0 Å². The molecule has 1 aromatic heterocycles. The lowest BCUT2D eigenvalue weighted by Crippen LogP contribution is -2.25. The number of pyridine rings is 1. The van der Waals surface area contributed by atoms with Gasteiger partial charge in [-0.15, -0.1) is 0 Å². The van der Waals surface area contributed by atoms with E-state index in [0.717, 1.165) is 11.1 Å². The molecule has 1 aliphatic carbocycles. The van der Waals surface area contributed by atoms with Gasteiger partial charge in [0.25, 0.3) is 0 Å². The Hall–Kier alpha value is -1.74. The quantitative estimate of drug-likeness (QED) is 0.879. The molecule has 2 aromatic rings. The van der Waals surface area contributed by atoms with Gasteiger partial charge in [-0.05, 0) is 47.7 Å². The van der Waals surface area contributed by atoms with Crippen molar-refractivity contribution in [1.82, 2.24) is 4.98 Å². The van der Waals surface area contributed by atoms with Gasteiger partial charge in [-0.1, -0.05) is 12.1 Å². The van der Waals surface area contributed by atoms with E-state index in [1.54, 1.807) is 18.5 Å². The highest BCUT2D eigenvalue weighted by atomic mass is 19.1. The Morgan fingerprint density at radius 1 is 1.22 bits per heavy atom. The van der Waals surface area contributed by atoms with E-state index >= 15 is 0 Å². The first-order valence-electron chi connectivity index (χ1n) is 6.08. The van der Waals surface area contributed by atoms with Crippen LogP contribution in [0.25, 0.3) is 0 Å². The maximum Gasteiger partial charge on any atom is 0.126 e. The Bertz CT molecular complexity index is 570. The lowest BCUT2D eigenvalue weighted by atomic mass is 9.89. The fraction of sp³-hybridized carbons (Fsp3) is 0.267. The van der Waals surface area contributed by atoms with Crippen LogP contribution in [0, 0.1) is 5.82 Å². The number of halogens is 1. The molecule has 0 saturated carbocycles. The lowest BCUT2D eigenvalue weighted by molar-refractivity contribution is 0.0389. The Kier molecular flexibility index (Phi) is 2.63. The molecule has 1 unspecified atom stereocenters. The van der Waals surface area contributed by atoms with Crippen LogP contribution in [0.5, 0.6) is 0 Å². The predicted octanol–water partition coefficient (Wildman–Crippen LogP) is 2.60. The SMILES string of the molecule is OC1(Cc2ccncc2)CCc2c(F)cccc21. The van der Waals surface area contributed by atoms with E-state index in [2.05, 4.69) is 4.98 Å². The Balaban J connectivity index is 1.97. The van der Waals surface area contributed by atoms with Gasteiger partial charge in [0.2, 0.25) is 0 Å². The van der Waals surface area contributed by atoms with Crippen LogP contribution < -0.4 is 0 Å². The highest BCUT2D eigenvalue weighted by molar-refractivity contribution is 5.39. The summed E-state index contributed by atoms with van der Waals surface area (Å²) in [5.41, 5.74) is 1.47. The summed E-state index contributed by atoms with van der Waals surface area (Å²) in [6.45, 7) is 0. The molecular weight excluding hydrogens is 229 g/mol. The van der Waals surface area contributed by atoms with Crippen molar-refractivity contribution in [2.24, 2.45) is 0 Å². The summed E-state index contributed by atoms with van der Waals surface area (Å²) in [4.78, 5) is 3.96. The van der Waals surface area contributed by atoms with Gasteiger partial charge in [0.1, 0.15) is 5.82 Å². The largest absolute Gasteiger partial charge is 0.385 e. The molecule has 1 heterocycles. The predicted molar refractivity (Wildman–Crippen MR) is 66.6 cm³/mol. The summed E-state index contributed by atoms with van der Waals surface area (Å²) in [5.74, 6) is -0.210.